The fourth-order valence-corrected chi connectivity index (χ4v) is 4.57. The second-order valence-corrected chi connectivity index (χ2v) is 7.54. The van der Waals surface area contributed by atoms with E-state index in [4.69, 9.17) is 4.74 Å². The highest BCUT2D eigenvalue weighted by atomic mass is 32.2. The van der Waals surface area contributed by atoms with Crippen LogP contribution in [0.5, 0.6) is 0 Å². The van der Waals surface area contributed by atoms with Gasteiger partial charge in [-0.25, -0.2) is 13.1 Å². The second-order valence-electron chi connectivity index (χ2n) is 5.82. The fraction of sp³-hybridized carbons (Fsp3) is 0.600. The molecule has 1 heterocycles. The normalized spacial score (nSPS) is 30.5. The number of morpholine rings is 1. The number of aliphatic hydroxyl groups is 1. The number of nitrogens with one attached hydrogen (secondary N) is 1. The molecule has 0 spiro atoms. The van der Waals surface area contributed by atoms with Crippen molar-refractivity contribution in [2.75, 3.05) is 26.3 Å². The van der Waals surface area contributed by atoms with E-state index in [0.29, 0.717) is 19.6 Å². The van der Waals surface area contributed by atoms with Crippen LogP contribution < -0.4 is 4.72 Å². The average molecular weight is 326 g/mol. The zero-order chi connectivity index (χ0) is 15.6. The zero-order valence-corrected chi connectivity index (χ0v) is 13.2. The molecule has 3 rings (SSSR count). The molecule has 22 heavy (non-hydrogen) atoms. The summed E-state index contributed by atoms with van der Waals surface area (Å²) < 4.78 is 32.7. The number of hydrogen-bond donors (Lipinski definition) is 2. The molecule has 0 amide bonds. The Balaban J connectivity index is 1.66. The van der Waals surface area contributed by atoms with Gasteiger partial charge in [0.05, 0.1) is 24.2 Å². The number of hydrogen-bond acceptors (Lipinski definition) is 5. The van der Waals surface area contributed by atoms with Gasteiger partial charge in [-0.3, -0.25) is 4.90 Å². The van der Waals surface area contributed by atoms with Crippen molar-refractivity contribution in [1.82, 2.24) is 9.62 Å². The molecule has 6 nitrogen and oxygen atoms in total. The van der Waals surface area contributed by atoms with E-state index >= 15 is 0 Å². The van der Waals surface area contributed by atoms with E-state index in [2.05, 4.69) is 9.62 Å². The van der Waals surface area contributed by atoms with Crippen LogP contribution >= 0.6 is 0 Å². The summed E-state index contributed by atoms with van der Waals surface area (Å²) in [6.45, 7) is 2.92. The molecule has 1 aliphatic heterocycles. The first-order valence-electron chi connectivity index (χ1n) is 7.65. The fourth-order valence-electron chi connectivity index (χ4n) is 3.26. The minimum Gasteiger partial charge on any atom is -0.390 e. The summed E-state index contributed by atoms with van der Waals surface area (Å²) in [7, 11) is -3.58. The standard InChI is InChI=1S/C15H22N2O4S/c18-15-13(6-7-14(15)17-8-10-21-11-9-17)16-22(19,20)12-4-2-1-3-5-12/h1-5,13-16,18H,6-11H2/t13-,14-,15-/m1/s1. The molecule has 0 radical (unpaired) electrons. The van der Waals surface area contributed by atoms with Gasteiger partial charge in [-0.2, -0.15) is 0 Å². The van der Waals surface area contributed by atoms with Crippen molar-refractivity contribution in [3.8, 4) is 0 Å². The van der Waals surface area contributed by atoms with Crippen molar-refractivity contribution in [2.24, 2.45) is 0 Å². The van der Waals surface area contributed by atoms with E-state index in [1.807, 2.05) is 0 Å². The van der Waals surface area contributed by atoms with Crippen LogP contribution in [0.1, 0.15) is 12.8 Å². The molecule has 2 aliphatic rings. The number of nitrogens with zero attached hydrogens (tertiary/aromatic N) is 1. The van der Waals surface area contributed by atoms with Crippen LogP contribution in [-0.2, 0) is 14.8 Å². The van der Waals surface area contributed by atoms with Gasteiger partial charge in [0.25, 0.3) is 0 Å². The molecular weight excluding hydrogens is 304 g/mol. The van der Waals surface area contributed by atoms with Crippen LogP contribution in [0.4, 0.5) is 0 Å². The summed E-state index contributed by atoms with van der Waals surface area (Å²) in [5.74, 6) is 0. The summed E-state index contributed by atoms with van der Waals surface area (Å²) in [5, 5.41) is 10.5. The molecule has 122 valence electrons. The summed E-state index contributed by atoms with van der Waals surface area (Å²) in [4.78, 5) is 2.43. The lowest BCUT2D eigenvalue weighted by molar-refractivity contribution is -0.0145. The molecule has 1 aliphatic carbocycles. The van der Waals surface area contributed by atoms with Gasteiger partial charge in [0, 0.05) is 25.2 Å². The van der Waals surface area contributed by atoms with Crippen LogP contribution in [0.3, 0.4) is 0 Å². The number of ether oxygens (including phenoxy) is 1. The molecule has 2 N–H and O–H groups in total. The third-order valence-corrected chi connectivity index (χ3v) is 5.96. The first-order valence-corrected chi connectivity index (χ1v) is 9.13. The average Bonchev–Trinajstić information content (AvgIpc) is 2.89. The Kier molecular flexibility index (Phi) is 4.79. The quantitative estimate of drug-likeness (QED) is 0.826. The van der Waals surface area contributed by atoms with E-state index in [9.17, 15) is 13.5 Å². The van der Waals surface area contributed by atoms with Gasteiger partial charge in [-0.15, -0.1) is 0 Å². The molecule has 0 bridgehead atoms. The molecular formula is C15H22N2O4S. The predicted molar refractivity (Wildman–Crippen MR) is 82.0 cm³/mol. The SMILES string of the molecule is O=S(=O)(N[C@@H]1CC[C@@H](N2CCOCC2)[C@@H]1O)c1ccccc1. The molecule has 0 aromatic heterocycles. The zero-order valence-electron chi connectivity index (χ0n) is 12.4. The van der Waals surface area contributed by atoms with Gasteiger partial charge in [0.1, 0.15) is 0 Å². The Morgan fingerprint density at radius 2 is 1.82 bits per heavy atom. The minimum atomic E-state index is -3.58. The van der Waals surface area contributed by atoms with Crippen molar-refractivity contribution >= 4 is 10.0 Å². The van der Waals surface area contributed by atoms with Crippen LogP contribution in [0.25, 0.3) is 0 Å². The van der Waals surface area contributed by atoms with Crippen molar-refractivity contribution in [3.63, 3.8) is 0 Å². The van der Waals surface area contributed by atoms with Crippen molar-refractivity contribution in [3.05, 3.63) is 30.3 Å². The van der Waals surface area contributed by atoms with E-state index in [0.717, 1.165) is 19.5 Å². The van der Waals surface area contributed by atoms with Gasteiger partial charge in [-0.1, -0.05) is 18.2 Å². The molecule has 1 saturated heterocycles. The van der Waals surface area contributed by atoms with E-state index in [1.165, 1.54) is 0 Å². The van der Waals surface area contributed by atoms with Gasteiger partial charge in [0.15, 0.2) is 0 Å². The van der Waals surface area contributed by atoms with Crippen molar-refractivity contribution in [2.45, 2.75) is 35.9 Å². The highest BCUT2D eigenvalue weighted by molar-refractivity contribution is 7.89. The monoisotopic (exact) mass is 326 g/mol. The van der Waals surface area contributed by atoms with Gasteiger partial charge >= 0.3 is 0 Å². The van der Waals surface area contributed by atoms with Crippen molar-refractivity contribution in [1.29, 1.82) is 0 Å². The van der Waals surface area contributed by atoms with Gasteiger partial charge in [0.2, 0.25) is 10.0 Å². The smallest absolute Gasteiger partial charge is 0.240 e. The van der Waals surface area contributed by atoms with E-state index in [1.54, 1.807) is 30.3 Å². The van der Waals surface area contributed by atoms with Crippen LogP contribution in [0.2, 0.25) is 0 Å². The number of rotatable bonds is 4. The topological polar surface area (TPSA) is 78.9 Å². The van der Waals surface area contributed by atoms with E-state index < -0.39 is 22.2 Å². The first kappa shape index (κ1) is 15.9. The maximum atomic E-state index is 12.4. The predicted octanol–water partition coefficient (Wildman–Crippen LogP) is 0.189. The van der Waals surface area contributed by atoms with Crippen molar-refractivity contribution < 1.29 is 18.3 Å². The Morgan fingerprint density at radius 1 is 1.14 bits per heavy atom. The third kappa shape index (κ3) is 3.33. The summed E-state index contributed by atoms with van der Waals surface area (Å²) in [6.07, 6.45) is 0.759. The third-order valence-electron chi connectivity index (χ3n) is 4.45. The molecule has 7 heteroatoms. The number of benzene rings is 1. The molecule has 1 aromatic rings. The Morgan fingerprint density at radius 3 is 2.50 bits per heavy atom. The first-order chi connectivity index (χ1) is 10.6. The lowest BCUT2D eigenvalue weighted by atomic mass is 10.1. The maximum Gasteiger partial charge on any atom is 0.240 e. The Labute approximate surface area is 131 Å². The van der Waals surface area contributed by atoms with Gasteiger partial charge in [-0.05, 0) is 25.0 Å². The molecule has 0 unspecified atom stereocenters. The minimum absolute atomic E-state index is 0.00683. The van der Waals surface area contributed by atoms with Crippen LogP contribution in [0, 0.1) is 0 Å². The number of aliphatic hydroxyl groups excluding tert-OH is 1. The summed E-state index contributed by atoms with van der Waals surface area (Å²) in [5.41, 5.74) is 0. The largest absolute Gasteiger partial charge is 0.390 e. The highest BCUT2D eigenvalue weighted by Gasteiger charge is 2.40. The van der Waals surface area contributed by atoms with Crippen LogP contribution in [0.15, 0.2) is 35.2 Å². The summed E-state index contributed by atoms with van der Waals surface area (Å²) >= 11 is 0. The second kappa shape index (κ2) is 6.64. The maximum absolute atomic E-state index is 12.4. The Hall–Kier alpha value is -0.990. The highest BCUT2D eigenvalue weighted by Crippen LogP contribution is 2.26. The van der Waals surface area contributed by atoms with Gasteiger partial charge < -0.3 is 9.84 Å². The molecule has 3 atom stereocenters. The van der Waals surface area contributed by atoms with Crippen LogP contribution in [-0.4, -0.2) is 62.9 Å². The van der Waals surface area contributed by atoms with E-state index in [-0.39, 0.29) is 10.9 Å². The Bertz CT molecular complexity index is 587. The lowest BCUT2D eigenvalue weighted by Gasteiger charge is -2.34. The molecule has 2 fully saturated rings. The number of sulfonamides is 1. The molecule has 1 saturated carbocycles. The summed E-state index contributed by atoms with van der Waals surface area (Å²) in [6, 6.07) is 7.85. The molecule has 1 aromatic carbocycles. The lowest BCUT2D eigenvalue weighted by Crippen LogP contribution is -2.51.